The summed E-state index contributed by atoms with van der Waals surface area (Å²) in [6, 6.07) is 8.78. The van der Waals surface area contributed by atoms with E-state index in [-0.39, 0.29) is 24.1 Å². The van der Waals surface area contributed by atoms with Crippen LogP contribution in [0.2, 0.25) is 0 Å². The molecule has 1 fully saturated rings. The van der Waals surface area contributed by atoms with Crippen LogP contribution in [0.25, 0.3) is 6.08 Å². The second-order valence-corrected chi connectivity index (χ2v) is 4.63. The molecule has 20 heavy (non-hydrogen) atoms. The van der Waals surface area contributed by atoms with Crippen LogP contribution in [0.1, 0.15) is 18.4 Å². The summed E-state index contributed by atoms with van der Waals surface area (Å²) in [5.41, 5.74) is 0.907. The number of benzene rings is 1. The van der Waals surface area contributed by atoms with E-state index in [0.29, 0.717) is 6.42 Å². The van der Waals surface area contributed by atoms with Crippen molar-refractivity contribution in [1.82, 2.24) is 10.2 Å². The number of likely N-dealkylation sites (tertiary alicyclic amines) is 1. The van der Waals surface area contributed by atoms with Crippen molar-refractivity contribution < 1.29 is 14.4 Å². The molecule has 1 aliphatic rings. The molecule has 1 aromatic carbocycles. The molecule has 5 heteroatoms. The Hall–Kier alpha value is -2.43. The maximum atomic E-state index is 11.8. The molecule has 1 heterocycles. The van der Waals surface area contributed by atoms with Crippen molar-refractivity contribution in [3.63, 3.8) is 0 Å². The van der Waals surface area contributed by atoms with Gasteiger partial charge >= 0.3 is 0 Å². The van der Waals surface area contributed by atoms with E-state index < -0.39 is 6.04 Å². The zero-order chi connectivity index (χ0) is 14.5. The van der Waals surface area contributed by atoms with E-state index >= 15 is 0 Å². The number of hydrogen-bond donors (Lipinski definition) is 1. The molecule has 5 nitrogen and oxygen atoms in total. The topological polar surface area (TPSA) is 66.5 Å². The smallest absolute Gasteiger partial charge is 0.251 e. The Bertz CT molecular complexity index is 551. The van der Waals surface area contributed by atoms with Gasteiger partial charge in [0.25, 0.3) is 5.91 Å². The average molecular weight is 272 g/mol. The van der Waals surface area contributed by atoms with Crippen LogP contribution in [0.15, 0.2) is 36.4 Å². The van der Waals surface area contributed by atoms with Gasteiger partial charge in [0.15, 0.2) is 0 Å². The summed E-state index contributed by atoms with van der Waals surface area (Å²) in [6.07, 6.45) is 3.69. The summed E-state index contributed by atoms with van der Waals surface area (Å²) in [4.78, 5) is 36.0. The Morgan fingerprint density at radius 1 is 1.30 bits per heavy atom. The summed E-state index contributed by atoms with van der Waals surface area (Å²) in [6.45, 7) is 0. The number of carbonyl (C=O) groups is 3. The Morgan fingerprint density at radius 2 is 2.00 bits per heavy atom. The van der Waals surface area contributed by atoms with Crippen molar-refractivity contribution in [2.75, 3.05) is 7.05 Å². The van der Waals surface area contributed by atoms with Crippen LogP contribution in [0, 0.1) is 0 Å². The quantitative estimate of drug-likeness (QED) is 0.658. The normalized spacial score (nSPS) is 19.4. The maximum absolute atomic E-state index is 11.8. The first-order chi connectivity index (χ1) is 9.58. The number of rotatable bonds is 3. The molecule has 0 radical (unpaired) electrons. The molecule has 0 saturated carbocycles. The minimum atomic E-state index is -0.620. The molecule has 1 N–H and O–H groups in total. The van der Waals surface area contributed by atoms with Crippen LogP contribution in [0.5, 0.6) is 0 Å². The fourth-order valence-corrected chi connectivity index (χ4v) is 2.01. The lowest BCUT2D eigenvalue weighted by Gasteiger charge is -2.27. The third-order valence-electron chi connectivity index (χ3n) is 3.19. The molecule has 104 valence electrons. The van der Waals surface area contributed by atoms with Gasteiger partial charge in [0.1, 0.15) is 6.04 Å². The van der Waals surface area contributed by atoms with E-state index in [1.807, 2.05) is 30.3 Å². The Morgan fingerprint density at radius 3 is 2.70 bits per heavy atom. The van der Waals surface area contributed by atoms with E-state index in [0.717, 1.165) is 10.5 Å². The van der Waals surface area contributed by atoms with Crippen LogP contribution in [0.3, 0.4) is 0 Å². The van der Waals surface area contributed by atoms with Crippen molar-refractivity contribution in [3.8, 4) is 0 Å². The maximum Gasteiger partial charge on any atom is 0.251 e. The lowest BCUT2D eigenvalue weighted by atomic mass is 10.0. The van der Waals surface area contributed by atoms with Gasteiger partial charge in [-0.05, 0) is 18.1 Å². The van der Waals surface area contributed by atoms with Gasteiger partial charge in [-0.3, -0.25) is 19.3 Å². The van der Waals surface area contributed by atoms with E-state index in [1.165, 1.54) is 13.1 Å². The SMILES string of the molecule is CN1C(=O)CC[C@@H](NC(=O)/C=C/c2ccccc2)C1=O. The highest BCUT2D eigenvalue weighted by molar-refractivity contribution is 6.02. The first-order valence-electron chi connectivity index (χ1n) is 6.42. The second-order valence-electron chi connectivity index (χ2n) is 4.63. The lowest BCUT2D eigenvalue weighted by molar-refractivity contribution is -0.149. The van der Waals surface area contributed by atoms with E-state index in [9.17, 15) is 14.4 Å². The summed E-state index contributed by atoms with van der Waals surface area (Å²) in [7, 11) is 1.43. The molecule has 0 unspecified atom stereocenters. The zero-order valence-electron chi connectivity index (χ0n) is 11.2. The standard InChI is InChI=1S/C15H16N2O3/c1-17-14(19)10-8-12(15(17)20)16-13(18)9-7-11-5-3-2-4-6-11/h2-7,9,12H,8,10H2,1H3,(H,16,18)/b9-7+/t12-/m1/s1. The monoisotopic (exact) mass is 272 g/mol. The number of nitrogens with one attached hydrogen (secondary N) is 1. The highest BCUT2D eigenvalue weighted by Crippen LogP contribution is 2.11. The van der Waals surface area contributed by atoms with E-state index in [4.69, 9.17) is 0 Å². The number of carbonyl (C=O) groups excluding carboxylic acids is 3. The lowest BCUT2D eigenvalue weighted by Crippen LogP contribution is -2.52. The molecule has 1 aromatic rings. The molecule has 1 saturated heterocycles. The molecular formula is C15H16N2O3. The fraction of sp³-hybridized carbons (Fsp3) is 0.267. The van der Waals surface area contributed by atoms with Crippen molar-refractivity contribution >= 4 is 23.8 Å². The molecule has 0 aliphatic carbocycles. The van der Waals surface area contributed by atoms with Crippen LogP contribution < -0.4 is 5.32 Å². The van der Waals surface area contributed by atoms with Gasteiger partial charge < -0.3 is 5.32 Å². The number of piperidine rings is 1. The molecule has 0 spiro atoms. The Balaban J connectivity index is 1.93. The molecule has 3 amide bonds. The molecular weight excluding hydrogens is 256 g/mol. The largest absolute Gasteiger partial charge is 0.341 e. The third-order valence-corrected chi connectivity index (χ3v) is 3.19. The first kappa shape index (κ1) is 14.0. The first-order valence-corrected chi connectivity index (χ1v) is 6.42. The van der Waals surface area contributed by atoms with E-state index in [2.05, 4.69) is 5.32 Å². The predicted molar refractivity (Wildman–Crippen MR) is 74.4 cm³/mol. The van der Waals surface area contributed by atoms with E-state index in [1.54, 1.807) is 6.08 Å². The summed E-state index contributed by atoms with van der Waals surface area (Å²) >= 11 is 0. The third kappa shape index (κ3) is 3.32. The number of imide groups is 1. The van der Waals surface area contributed by atoms with Crippen molar-refractivity contribution in [1.29, 1.82) is 0 Å². The number of likely N-dealkylation sites (N-methyl/N-ethyl adjacent to an activating group) is 1. The van der Waals surface area contributed by atoms with Crippen LogP contribution >= 0.6 is 0 Å². The highest BCUT2D eigenvalue weighted by Gasteiger charge is 2.32. The second kappa shape index (κ2) is 6.14. The fourth-order valence-electron chi connectivity index (χ4n) is 2.01. The highest BCUT2D eigenvalue weighted by atomic mass is 16.2. The molecule has 0 aromatic heterocycles. The number of nitrogens with zero attached hydrogens (tertiary/aromatic N) is 1. The van der Waals surface area contributed by atoms with Crippen LogP contribution in [-0.4, -0.2) is 35.7 Å². The average Bonchev–Trinajstić information content (AvgIpc) is 2.47. The van der Waals surface area contributed by atoms with Gasteiger partial charge in [-0.25, -0.2) is 0 Å². The molecule has 1 atom stereocenters. The number of hydrogen-bond acceptors (Lipinski definition) is 3. The Kier molecular flexibility index (Phi) is 4.30. The zero-order valence-corrected chi connectivity index (χ0v) is 11.2. The van der Waals surface area contributed by atoms with Crippen molar-refractivity contribution in [2.45, 2.75) is 18.9 Å². The van der Waals surface area contributed by atoms with Gasteiger partial charge in [0.05, 0.1) is 0 Å². The van der Waals surface area contributed by atoms with Gasteiger partial charge in [-0.1, -0.05) is 30.3 Å². The van der Waals surface area contributed by atoms with Gasteiger partial charge in [0.2, 0.25) is 11.8 Å². The molecule has 1 aliphatic heterocycles. The van der Waals surface area contributed by atoms with Gasteiger partial charge in [0, 0.05) is 19.5 Å². The summed E-state index contributed by atoms with van der Waals surface area (Å²) < 4.78 is 0. The van der Waals surface area contributed by atoms with Gasteiger partial charge in [-0.2, -0.15) is 0 Å². The van der Waals surface area contributed by atoms with Crippen LogP contribution in [0.4, 0.5) is 0 Å². The van der Waals surface area contributed by atoms with Crippen molar-refractivity contribution in [3.05, 3.63) is 42.0 Å². The van der Waals surface area contributed by atoms with Gasteiger partial charge in [-0.15, -0.1) is 0 Å². The summed E-state index contributed by atoms with van der Waals surface area (Å²) in [5.74, 6) is -0.905. The van der Waals surface area contributed by atoms with Crippen LogP contribution in [-0.2, 0) is 14.4 Å². The molecule has 2 rings (SSSR count). The predicted octanol–water partition coefficient (Wildman–Crippen LogP) is 0.963. The minimum absolute atomic E-state index is 0.208. The molecule has 0 bridgehead atoms. The number of amides is 3. The summed E-state index contributed by atoms with van der Waals surface area (Å²) in [5, 5.41) is 2.62. The van der Waals surface area contributed by atoms with Crippen molar-refractivity contribution in [2.24, 2.45) is 0 Å². The minimum Gasteiger partial charge on any atom is -0.341 e. The Labute approximate surface area is 117 Å².